The van der Waals surface area contributed by atoms with Gasteiger partial charge in [-0.2, -0.15) is 0 Å². The van der Waals surface area contributed by atoms with Crippen LogP contribution in [0.2, 0.25) is 5.02 Å². The first kappa shape index (κ1) is 20.7. The van der Waals surface area contributed by atoms with E-state index in [1.54, 1.807) is 36.7 Å². The van der Waals surface area contributed by atoms with E-state index in [9.17, 15) is 9.59 Å². The molecule has 1 heterocycles. The van der Waals surface area contributed by atoms with Crippen LogP contribution >= 0.6 is 11.6 Å². The molecule has 2 N–H and O–H groups in total. The van der Waals surface area contributed by atoms with Gasteiger partial charge in [-0.25, -0.2) is 0 Å². The summed E-state index contributed by atoms with van der Waals surface area (Å²) in [7, 11) is 0. The van der Waals surface area contributed by atoms with Crippen LogP contribution in [-0.2, 0) is 16.1 Å². The van der Waals surface area contributed by atoms with Crippen molar-refractivity contribution in [3.05, 3.63) is 59.4 Å². The third-order valence-corrected chi connectivity index (χ3v) is 3.98. The standard InChI is InChI=1S/C20H24ClN3O3/c1-14(2)10-18(20(26)23-12-15-4-3-9-22-11-15)24-19(25)13-27-17-7-5-16(21)6-8-17/h3-9,11,14,18H,10,12-13H2,1-2H3,(H,23,26)(H,24,25)/t18-/m1/s1. The van der Waals surface area contributed by atoms with Gasteiger partial charge in [-0.15, -0.1) is 0 Å². The van der Waals surface area contributed by atoms with Gasteiger partial charge in [0.1, 0.15) is 11.8 Å². The topological polar surface area (TPSA) is 80.3 Å². The second-order valence-corrected chi connectivity index (χ2v) is 7.01. The number of pyridine rings is 1. The summed E-state index contributed by atoms with van der Waals surface area (Å²) in [6, 6.07) is 9.79. The summed E-state index contributed by atoms with van der Waals surface area (Å²) in [6.07, 6.45) is 3.90. The minimum absolute atomic E-state index is 0.174. The van der Waals surface area contributed by atoms with E-state index in [1.165, 1.54) is 0 Å². The van der Waals surface area contributed by atoms with Gasteiger partial charge in [0.2, 0.25) is 5.91 Å². The third kappa shape index (κ3) is 7.66. The normalized spacial score (nSPS) is 11.7. The number of rotatable bonds is 9. The SMILES string of the molecule is CC(C)C[C@@H](NC(=O)COc1ccc(Cl)cc1)C(=O)NCc1cccnc1. The number of nitrogens with zero attached hydrogens (tertiary/aromatic N) is 1. The van der Waals surface area contributed by atoms with Crippen molar-refractivity contribution >= 4 is 23.4 Å². The monoisotopic (exact) mass is 389 g/mol. The number of benzene rings is 1. The Morgan fingerprint density at radius 2 is 1.93 bits per heavy atom. The fraction of sp³-hybridized carbons (Fsp3) is 0.350. The largest absolute Gasteiger partial charge is 0.484 e. The molecular formula is C20H24ClN3O3. The van der Waals surface area contributed by atoms with Crippen molar-refractivity contribution in [3.8, 4) is 5.75 Å². The Bertz CT molecular complexity index is 736. The highest BCUT2D eigenvalue weighted by Crippen LogP contribution is 2.15. The molecule has 2 aromatic rings. The lowest BCUT2D eigenvalue weighted by Gasteiger charge is -2.20. The van der Waals surface area contributed by atoms with E-state index in [1.807, 2.05) is 26.0 Å². The summed E-state index contributed by atoms with van der Waals surface area (Å²) in [6.45, 7) is 4.18. The van der Waals surface area contributed by atoms with E-state index in [2.05, 4.69) is 15.6 Å². The zero-order chi connectivity index (χ0) is 19.6. The third-order valence-electron chi connectivity index (χ3n) is 3.73. The van der Waals surface area contributed by atoms with Crippen LogP contribution in [-0.4, -0.2) is 29.4 Å². The van der Waals surface area contributed by atoms with E-state index >= 15 is 0 Å². The molecule has 144 valence electrons. The molecule has 1 atom stereocenters. The Balaban J connectivity index is 1.87. The number of aromatic nitrogens is 1. The minimum Gasteiger partial charge on any atom is -0.484 e. The van der Waals surface area contributed by atoms with Crippen molar-refractivity contribution in [3.63, 3.8) is 0 Å². The molecule has 6 nitrogen and oxygen atoms in total. The molecule has 0 aliphatic heterocycles. The van der Waals surface area contributed by atoms with Crippen molar-refractivity contribution in [1.29, 1.82) is 0 Å². The van der Waals surface area contributed by atoms with Gasteiger partial charge >= 0.3 is 0 Å². The highest BCUT2D eigenvalue weighted by atomic mass is 35.5. The van der Waals surface area contributed by atoms with Crippen molar-refractivity contribution in [2.24, 2.45) is 5.92 Å². The average molecular weight is 390 g/mol. The lowest BCUT2D eigenvalue weighted by molar-refractivity contribution is -0.130. The summed E-state index contributed by atoms with van der Waals surface area (Å²) in [5.41, 5.74) is 0.895. The van der Waals surface area contributed by atoms with Crippen LogP contribution in [0, 0.1) is 5.92 Å². The van der Waals surface area contributed by atoms with E-state index in [0.29, 0.717) is 23.7 Å². The van der Waals surface area contributed by atoms with E-state index < -0.39 is 6.04 Å². The van der Waals surface area contributed by atoms with Crippen LogP contribution in [0.25, 0.3) is 0 Å². The Kier molecular flexibility index (Phi) is 8.07. The van der Waals surface area contributed by atoms with Gasteiger partial charge in [0.05, 0.1) is 0 Å². The molecule has 27 heavy (non-hydrogen) atoms. The number of halogens is 1. The first-order valence-electron chi connectivity index (χ1n) is 8.78. The second-order valence-electron chi connectivity index (χ2n) is 6.57. The number of hydrogen-bond donors (Lipinski definition) is 2. The Hall–Kier alpha value is -2.60. The van der Waals surface area contributed by atoms with E-state index in [4.69, 9.17) is 16.3 Å². The maximum absolute atomic E-state index is 12.5. The molecule has 2 amide bonds. The maximum Gasteiger partial charge on any atom is 0.258 e. The summed E-state index contributed by atoms with van der Waals surface area (Å²) in [4.78, 5) is 28.7. The number of ether oxygens (including phenoxy) is 1. The molecule has 7 heteroatoms. The molecule has 0 aliphatic rings. The molecule has 0 aliphatic carbocycles. The summed E-state index contributed by atoms with van der Waals surface area (Å²) < 4.78 is 5.43. The van der Waals surface area contributed by atoms with Crippen molar-refractivity contribution in [2.75, 3.05) is 6.61 Å². The molecule has 0 saturated heterocycles. The quantitative estimate of drug-likeness (QED) is 0.691. The Morgan fingerprint density at radius 1 is 1.19 bits per heavy atom. The van der Waals surface area contributed by atoms with Gasteiger partial charge in [0.15, 0.2) is 6.61 Å². The number of carbonyl (C=O) groups is 2. The number of carbonyl (C=O) groups excluding carboxylic acids is 2. The smallest absolute Gasteiger partial charge is 0.258 e. The predicted molar refractivity (Wildman–Crippen MR) is 104 cm³/mol. The van der Waals surface area contributed by atoms with Crippen LogP contribution in [0.15, 0.2) is 48.8 Å². The minimum atomic E-state index is -0.622. The molecule has 0 spiro atoms. The zero-order valence-corrected chi connectivity index (χ0v) is 16.2. The van der Waals surface area contributed by atoms with E-state index in [-0.39, 0.29) is 24.3 Å². The van der Waals surface area contributed by atoms with Crippen LogP contribution in [0.5, 0.6) is 5.75 Å². The Morgan fingerprint density at radius 3 is 2.56 bits per heavy atom. The first-order chi connectivity index (χ1) is 12.9. The first-order valence-corrected chi connectivity index (χ1v) is 9.16. The summed E-state index contributed by atoms with van der Waals surface area (Å²) in [5, 5.41) is 6.18. The maximum atomic E-state index is 12.5. The zero-order valence-electron chi connectivity index (χ0n) is 15.4. The molecular weight excluding hydrogens is 366 g/mol. The number of hydrogen-bond acceptors (Lipinski definition) is 4. The lowest BCUT2D eigenvalue weighted by Crippen LogP contribution is -2.48. The van der Waals surface area contributed by atoms with E-state index in [0.717, 1.165) is 5.56 Å². The molecule has 0 radical (unpaired) electrons. The highest BCUT2D eigenvalue weighted by Gasteiger charge is 2.22. The Labute approximate surface area is 164 Å². The van der Waals surface area contributed by atoms with Crippen LogP contribution in [0.1, 0.15) is 25.8 Å². The molecule has 2 rings (SSSR count). The molecule has 1 aromatic carbocycles. The molecule has 1 aromatic heterocycles. The second kappa shape index (κ2) is 10.5. The van der Waals surface area contributed by atoms with Gasteiger partial charge in [0.25, 0.3) is 5.91 Å². The van der Waals surface area contributed by atoms with Gasteiger partial charge in [-0.3, -0.25) is 14.6 Å². The number of nitrogens with one attached hydrogen (secondary N) is 2. The van der Waals surface area contributed by atoms with Gasteiger partial charge in [-0.05, 0) is 48.2 Å². The van der Waals surface area contributed by atoms with Gasteiger partial charge in [0, 0.05) is 24.0 Å². The highest BCUT2D eigenvalue weighted by molar-refractivity contribution is 6.30. The van der Waals surface area contributed by atoms with Crippen molar-refractivity contribution in [1.82, 2.24) is 15.6 Å². The molecule has 0 bridgehead atoms. The number of amides is 2. The average Bonchev–Trinajstić information content (AvgIpc) is 2.65. The summed E-state index contributed by atoms with van der Waals surface area (Å²) >= 11 is 5.82. The molecule has 0 saturated carbocycles. The van der Waals surface area contributed by atoms with Gasteiger partial charge in [-0.1, -0.05) is 31.5 Å². The fourth-order valence-corrected chi connectivity index (χ4v) is 2.56. The fourth-order valence-electron chi connectivity index (χ4n) is 2.43. The predicted octanol–water partition coefficient (Wildman–Crippen LogP) is 2.96. The van der Waals surface area contributed by atoms with Crippen molar-refractivity contribution < 1.29 is 14.3 Å². The molecule has 0 unspecified atom stereocenters. The lowest BCUT2D eigenvalue weighted by atomic mass is 10.0. The van der Waals surface area contributed by atoms with Crippen LogP contribution in [0.3, 0.4) is 0 Å². The summed E-state index contributed by atoms with van der Waals surface area (Å²) in [5.74, 6) is 0.201. The van der Waals surface area contributed by atoms with Crippen LogP contribution in [0.4, 0.5) is 0 Å². The van der Waals surface area contributed by atoms with Crippen LogP contribution < -0.4 is 15.4 Å². The molecule has 0 fully saturated rings. The van der Waals surface area contributed by atoms with Crippen molar-refractivity contribution in [2.45, 2.75) is 32.9 Å². The van der Waals surface area contributed by atoms with Gasteiger partial charge < -0.3 is 15.4 Å².